The molecule has 0 fully saturated rings. The van der Waals surface area contributed by atoms with Crippen LogP contribution in [0, 0.1) is 6.92 Å². The minimum Gasteiger partial charge on any atom is -0.337 e. The molecule has 2 aromatic heterocycles. The number of aromatic nitrogens is 3. The summed E-state index contributed by atoms with van der Waals surface area (Å²) in [5.74, 6) is 0.444. The molecule has 0 saturated heterocycles. The van der Waals surface area contributed by atoms with Gasteiger partial charge >= 0.3 is 0 Å². The van der Waals surface area contributed by atoms with E-state index in [2.05, 4.69) is 24.4 Å². The maximum Gasteiger partial charge on any atom is 0.263 e. The smallest absolute Gasteiger partial charge is 0.263 e. The van der Waals surface area contributed by atoms with Crippen molar-refractivity contribution in [2.24, 2.45) is 0 Å². The average Bonchev–Trinajstić information content (AvgIpc) is 3.22. The summed E-state index contributed by atoms with van der Waals surface area (Å²) >= 11 is 1.38. The lowest BCUT2D eigenvalue weighted by atomic mass is 10.2. The van der Waals surface area contributed by atoms with Gasteiger partial charge in [0.15, 0.2) is 11.6 Å². The van der Waals surface area contributed by atoms with Crippen LogP contribution in [-0.2, 0) is 10.0 Å². The molecule has 0 bridgehead atoms. The van der Waals surface area contributed by atoms with Crippen molar-refractivity contribution in [3.8, 4) is 0 Å². The molecule has 5 rings (SSSR count). The fourth-order valence-electron chi connectivity index (χ4n) is 3.15. The molecular weight excluding hydrogens is 430 g/mol. The van der Waals surface area contributed by atoms with E-state index >= 15 is 0 Å². The first-order chi connectivity index (χ1) is 15.0. The van der Waals surface area contributed by atoms with Gasteiger partial charge in [0.2, 0.25) is 0 Å². The van der Waals surface area contributed by atoms with Crippen LogP contribution in [0.4, 0.5) is 17.3 Å². The number of hydrogen-bond donors (Lipinski definition) is 2. The van der Waals surface area contributed by atoms with Gasteiger partial charge in [-0.3, -0.25) is 4.72 Å². The van der Waals surface area contributed by atoms with Gasteiger partial charge in [0.1, 0.15) is 0 Å². The highest BCUT2D eigenvalue weighted by Gasteiger charge is 2.19. The number of sulfonamides is 1. The Morgan fingerprint density at radius 3 is 2.29 bits per heavy atom. The number of anilines is 3. The summed E-state index contributed by atoms with van der Waals surface area (Å²) in [6, 6.07) is 19.7. The molecule has 31 heavy (non-hydrogen) atoms. The molecule has 0 aliphatic carbocycles. The van der Waals surface area contributed by atoms with Gasteiger partial charge in [0.25, 0.3) is 10.0 Å². The van der Waals surface area contributed by atoms with E-state index in [1.807, 2.05) is 48.7 Å². The summed E-state index contributed by atoms with van der Waals surface area (Å²) in [5.41, 5.74) is 3.88. The number of aryl methyl sites for hydroxylation is 1. The SMILES string of the molecule is Cc1ccc(S(=O)(=O)Nc2nc3ccccc3nc2Nc2ccc3nscc3c2)cc1. The molecule has 0 spiro atoms. The van der Waals surface area contributed by atoms with Crippen LogP contribution in [0.5, 0.6) is 0 Å². The molecule has 2 heterocycles. The van der Waals surface area contributed by atoms with Crippen LogP contribution in [0.3, 0.4) is 0 Å². The van der Waals surface area contributed by atoms with Crippen LogP contribution in [0.1, 0.15) is 5.56 Å². The van der Waals surface area contributed by atoms with Crippen molar-refractivity contribution in [3.05, 3.63) is 77.7 Å². The van der Waals surface area contributed by atoms with Gasteiger partial charge in [0, 0.05) is 16.5 Å². The predicted molar refractivity (Wildman–Crippen MR) is 124 cm³/mol. The van der Waals surface area contributed by atoms with E-state index in [9.17, 15) is 8.42 Å². The zero-order valence-electron chi connectivity index (χ0n) is 16.4. The summed E-state index contributed by atoms with van der Waals surface area (Å²) < 4.78 is 32.9. The van der Waals surface area contributed by atoms with Gasteiger partial charge in [-0.05, 0) is 60.9 Å². The minimum atomic E-state index is -3.84. The second-order valence-electron chi connectivity index (χ2n) is 7.04. The first-order valence-electron chi connectivity index (χ1n) is 9.45. The third-order valence-corrected chi connectivity index (χ3v) is 6.77. The molecule has 7 nitrogen and oxygen atoms in total. The highest BCUT2D eigenvalue weighted by Crippen LogP contribution is 2.28. The predicted octanol–water partition coefficient (Wildman–Crippen LogP) is 5.09. The Morgan fingerprint density at radius 1 is 0.839 bits per heavy atom. The number of para-hydroxylation sites is 2. The molecule has 9 heteroatoms. The number of benzene rings is 3. The topological polar surface area (TPSA) is 96.9 Å². The van der Waals surface area contributed by atoms with E-state index in [0.717, 1.165) is 22.2 Å². The maximum atomic E-state index is 13.0. The van der Waals surface area contributed by atoms with Crippen LogP contribution in [0.2, 0.25) is 0 Å². The molecule has 0 atom stereocenters. The fourth-order valence-corrected chi connectivity index (χ4v) is 4.79. The summed E-state index contributed by atoms with van der Waals surface area (Å²) in [4.78, 5) is 9.30. The van der Waals surface area contributed by atoms with E-state index in [4.69, 9.17) is 0 Å². The van der Waals surface area contributed by atoms with Gasteiger partial charge in [-0.15, -0.1) is 0 Å². The maximum absolute atomic E-state index is 13.0. The quantitative estimate of drug-likeness (QED) is 0.389. The van der Waals surface area contributed by atoms with E-state index < -0.39 is 10.0 Å². The zero-order valence-corrected chi connectivity index (χ0v) is 18.0. The van der Waals surface area contributed by atoms with Gasteiger partial charge in [-0.1, -0.05) is 29.8 Å². The van der Waals surface area contributed by atoms with E-state index in [1.54, 1.807) is 30.3 Å². The normalized spacial score (nSPS) is 11.6. The third kappa shape index (κ3) is 3.92. The summed E-state index contributed by atoms with van der Waals surface area (Å²) in [5, 5.41) is 6.15. The standard InChI is InChI=1S/C22H17N5O2S2/c1-14-6-9-17(10-7-14)31(28,29)27-22-21(24-19-4-2-3-5-20(19)25-22)23-16-8-11-18-15(12-16)13-30-26-18/h2-13H,1H3,(H,23,24)(H,25,27). The van der Waals surface area contributed by atoms with E-state index in [0.29, 0.717) is 16.9 Å². The number of rotatable bonds is 5. The molecule has 0 aliphatic rings. The minimum absolute atomic E-state index is 0.128. The van der Waals surface area contributed by atoms with Gasteiger partial charge in [-0.2, -0.15) is 4.37 Å². The summed E-state index contributed by atoms with van der Waals surface area (Å²) in [6.45, 7) is 1.90. The molecule has 0 radical (unpaired) electrons. The Balaban J connectivity index is 1.57. The van der Waals surface area contributed by atoms with Crippen molar-refractivity contribution in [3.63, 3.8) is 0 Å². The van der Waals surface area contributed by atoms with Crippen LogP contribution in [0.25, 0.3) is 21.9 Å². The Bertz CT molecular complexity index is 1510. The zero-order chi connectivity index (χ0) is 21.4. The van der Waals surface area contributed by atoms with Crippen molar-refractivity contribution in [2.75, 3.05) is 10.0 Å². The van der Waals surface area contributed by atoms with Crippen LogP contribution >= 0.6 is 11.5 Å². The first kappa shape index (κ1) is 19.4. The lowest BCUT2D eigenvalue weighted by Crippen LogP contribution is -2.16. The second kappa shape index (κ2) is 7.60. The third-order valence-electron chi connectivity index (χ3n) is 4.75. The molecule has 3 aromatic carbocycles. The van der Waals surface area contributed by atoms with Crippen molar-refractivity contribution in [1.29, 1.82) is 0 Å². The van der Waals surface area contributed by atoms with Crippen LogP contribution in [0.15, 0.2) is 77.0 Å². The Hall–Kier alpha value is -3.56. The first-order valence-corrected chi connectivity index (χ1v) is 11.8. The highest BCUT2D eigenvalue weighted by atomic mass is 32.2. The van der Waals surface area contributed by atoms with Crippen molar-refractivity contribution < 1.29 is 8.42 Å². The summed E-state index contributed by atoms with van der Waals surface area (Å²) in [7, 11) is -3.84. The van der Waals surface area contributed by atoms with Gasteiger partial charge < -0.3 is 5.32 Å². The lowest BCUT2D eigenvalue weighted by Gasteiger charge is -2.14. The van der Waals surface area contributed by atoms with E-state index in [1.165, 1.54) is 11.5 Å². The van der Waals surface area contributed by atoms with Crippen molar-refractivity contribution >= 4 is 60.8 Å². The number of nitrogens with zero attached hydrogens (tertiary/aromatic N) is 3. The van der Waals surface area contributed by atoms with Gasteiger partial charge in [-0.25, -0.2) is 18.4 Å². The summed E-state index contributed by atoms with van der Waals surface area (Å²) in [6.07, 6.45) is 0. The highest BCUT2D eigenvalue weighted by molar-refractivity contribution is 7.92. The Kier molecular flexibility index (Phi) is 4.76. The largest absolute Gasteiger partial charge is 0.337 e. The van der Waals surface area contributed by atoms with Crippen molar-refractivity contribution in [2.45, 2.75) is 11.8 Å². The Labute approximate surface area is 183 Å². The molecule has 0 saturated carbocycles. The second-order valence-corrected chi connectivity index (χ2v) is 9.35. The number of nitrogens with one attached hydrogen (secondary N) is 2. The average molecular weight is 448 g/mol. The Morgan fingerprint density at radius 2 is 1.55 bits per heavy atom. The fraction of sp³-hybridized carbons (Fsp3) is 0.0455. The molecule has 0 aliphatic heterocycles. The molecule has 2 N–H and O–H groups in total. The monoisotopic (exact) mass is 447 g/mol. The lowest BCUT2D eigenvalue weighted by molar-refractivity contribution is 0.601. The molecule has 5 aromatic rings. The van der Waals surface area contributed by atoms with Crippen LogP contribution in [-0.4, -0.2) is 22.8 Å². The van der Waals surface area contributed by atoms with Crippen molar-refractivity contribution in [1.82, 2.24) is 14.3 Å². The number of hydrogen-bond acceptors (Lipinski definition) is 7. The molecule has 154 valence electrons. The van der Waals surface area contributed by atoms with Crippen LogP contribution < -0.4 is 10.0 Å². The number of fused-ring (bicyclic) bond motifs is 2. The molecular formula is C22H17N5O2S2. The molecule has 0 amide bonds. The molecule has 0 unspecified atom stereocenters. The van der Waals surface area contributed by atoms with Gasteiger partial charge in [0.05, 0.1) is 21.4 Å². The van der Waals surface area contributed by atoms with E-state index in [-0.39, 0.29) is 10.7 Å².